The van der Waals surface area contributed by atoms with Gasteiger partial charge in [-0.05, 0) is 31.4 Å². The van der Waals surface area contributed by atoms with Crippen LogP contribution >= 0.6 is 11.8 Å². The molecule has 132 valence electrons. The molecule has 0 radical (unpaired) electrons. The fourth-order valence-electron chi connectivity index (χ4n) is 2.38. The number of rotatable bonds is 9. The molecule has 0 aliphatic heterocycles. The topological polar surface area (TPSA) is 97.1 Å². The average Bonchev–Trinajstić information content (AvgIpc) is 3.37. The van der Waals surface area contributed by atoms with E-state index in [0.717, 1.165) is 24.4 Å². The predicted octanol–water partition coefficient (Wildman–Crippen LogP) is 2.22. The highest BCUT2D eigenvalue weighted by Gasteiger charge is 2.30. The lowest BCUT2D eigenvalue weighted by Crippen LogP contribution is -2.26. The fraction of sp³-hybridized carbons (Fsp3) is 0.412. The summed E-state index contributed by atoms with van der Waals surface area (Å²) in [4.78, 5) is 26.9. The van der Waals surface area contributed by atoms with E-state index < -0.39 is 5.97 Å². The van der Waals surface area contributed by atoms with Crippen molar-refractivity contribution in [1.82, 2.24) is 20.1 Å². The molecule has 1 saturated carbocycles. The first-order valence-electron chi connectivity index (χ1n) is 8.27. The number of thioether (sulfide) groups is 1. The van der Waals surface area contributed by atoms with E-state index in [4.69, 9.17) is 5.11 Å². The number of nitrogens with one attached hydrogen (secondary N) is 1. The zero-order valence-corrected chi connectivity index (χ0v) is 14.5. The van der Waals surface area contributed by atoms with Gasteiger partial charge in [0.1, 0.15) is 5.82 Å². The van der Waals surface area contributed by atoms with Gasteiger partial charge in [0.25, 0.3) is 0 Å². The van der Waals surface area contributed by atoms with Crippen LogP contribution in [-0.4, -0.2) is 44.0 Å². The molecule has 25 heavy (non-hydrogen) atoms. The minimum atomic E-state index is -0.855. The van der Waals surface area contributed by atoms with Crippen LogP contribution in [0.2, 0.25) is 0 Å². The van der Waals surface area contributed by atoms with Gasteiger partial charge in [-0.2, -0.15) is 0 Å². The summed E-state index contributed by atoms with van der Waals surface area (Å²) in [7, 11) is 0. The van der Waals surface area contributed by atoms with Crippen molar-refractivity contribution in [2.24, 2.45) is 0 Å². The Balaban J connectivity index is 1.56. The number of carboxylic acid groups (broad SMARTS) is 1. The molecule has 0 unspecified atom stereocenters. The summed E-state index contributed by atoms with van der Waals surface area (Å²) >= 11 is 1.30. The Morgan fingerprint density at radius 2 is 2.04 bits per heavy atom. The minimum Gasteiger partial charge on any atom is -0.481 e. The van der Waals surface area contributed by atoms with E-state index in [-0.39, 0.29) is 18.1 Å². The largest absolute Gasteiger partial charge is 0.481 e. The van der Waals surface area contributed by atoms with E-state index in [1.807, 2.05) is 35.0 Å². The molecule has 0 saturated heterocycles. The van der Waals surface area contributed by atoms with Gasteiger partial charge in [-0.15, -0.1) is 5.10 Å². The summed E-state index contributed by atoms with van der Waals surface area (Å²) in [6, 6.07) is 9.87. The lowest BCUT2D eigenvalue weighted by Gasteiger charge is -2.03. The molecule has 1 aliphatic carbocycles. The molecule has 2 N–H and O–H groups in total. The summed E-state index contributed by atoms with van der Waals surface area (Å²) in [5, 5.41) is 16.4. The quantitative estimate of drug-likeness (QED) is 0.526. The van der Waals surface area contributed by atoms with Gasteiger partial charge < -0.3 is 10.4 Å². The summed E-state index contributed by atoms with van der Waals surface area (Å²) in [5.74, 6) is 0.629. The van der Waals surface area contributed by atoms with Gasteiger partial charge in [-0.1, -0.05) is 30.0 Å². The summed E-state index contributed by atoms with van der Waals surface area (Å²) in [5.41, 5.74) is 0.974. The molecule has 0 spiro atoms. The highest BCUT2D eigenvalue weighted by atomic mass is 32.2. The molecule has 8 heteroatoms. The van der Waals surface area contributed by atoms with E-state index in [0.29, 0.717) is 24.0 Å². The second-order valence-electron chi connectivity index (χ2n) is 5.91. The third kappa shape index (κ3) is 5.06. The number of amides is 1. The Kier molecular flexibility index (Phi) is 5.70. The van der Waals surface area contributed by atoms with Crippen molar-refractivity contribution in [2.45, 2.75) is 36.8 Å². The second-order valence-corrected chi connectivity index (χ2v) is 6.85. The number of hydrogen-bond donors (Lipinski definition) is 2. The highest BCUT2D eigenvalue weighted by Crippen LogP contribution is 2.40. The Labute approximate surface area is 149 Å². The first-order valence-corrected chi connectivity index (χ1v) is 9.25. The lowest BCUT2D eigenvalue weighted by atomic mass is 10.3. The van der Waals surface area contributed by atoms with Crippen molar-refractivity contribution in [3.63, 3.8) is 0 Å². The second kappa shape index (κ2) is 8.15. The first-order chi connectivity index (χ1) is 12.1. The molecule has 1 aliphatic rings. The molecule has 2 aromatic rings. The number of aliphatic carboxylic acids is 1. The monoisotopic (exact) mass is 360 g/mol. The number of carbonyl (C=O) groups is 2. The zero-order chi connectivity index (χ0) is 17.6. The SMILES string of the molecule is O=C(O)CCCNC(=O)CSc1nc(C2CC2)n(-c2ccccc2)n1. The third-order valence-corrected chi connectivity index (χ3v) is 4.62. The van der Waals surface area contributed by atoms with Crippen LogP contribution in [0.4, 0.5) is 0 Å². The van der Waals surface area contributed by atoms with E-state index in [9.17, 15) is 9.59 Å². The van der Waals surface area contributed by atoms with Crippen LogP contribution in [0.15, 0.2) is 35.5 Å². The van der Waals surface area contributed by atoms with Gasteiger partial charge in [0.2, 0.25) is 11.1 Å². The predicted molar refractivity (Wildman–Crippen MR) is 93.9 cm³/mol. The maximum absolute atomic E-state index is 11.8. The van der Waals surface area contributed by atoms with Crippen LogP contribution in [0.3, 0.4) is 0 Å². The molecule has 0 atom stereocenters. The summed E-state index contributed by atoms with van der Waals surface area (Å²) < 4.78 is 1.87. The standard InChI is InChI=1S/C17H20N4O3S/c22-14(18-10-4-7-15(23)24)11-25-17-19-16(12-8-9-12)21(20-17)13-5-2-1-3-6-13/h1-3,5-6,12H,4,7-11H2,(H,18,22)(H,23,24). The molecular weight excluding hydrogens is 340 g/mol. The van der Waals surface area contributed by atoms with Crippen LogP contribution in [0.25, 0.3) is 5.69 Å². The van der Waals surface area contributed by atoms with Crippen molar-refractivity contribution < 1.29 is 14.7 Å². The molecule has 1 heterocycles. The van der Waals surface area contributed by atoms with Crippen molar-refractivity contribution in [3.8, 4) is 5.69 Å². The van der Waals surface area contributed by atoms with Gasteiger partial charge in [-0.3, -0.25) is 9.59 Å². The molecule has 7 nitrogen and oxygen atoms in total. The van der Waals surface area contributed by atoms with Crippen molar-refractivity contribution in [1.29, 1.82) is 0 Å². The molecule has 3 rings (SSSR count). The smallest absolute Gasteiger partial charge is 0.303 e. The zero-order valence-electron chi connectivity index (χ0n) is 13.7. The third-order valence-electron chi connectivity index (χ3n) is 3.78. The van der Waals surface area contributed by atoms with Crippen LogP contribution < -0.4 is 5.32 Å². The number of hydrogen-bond acceptors (Lipinski definition) is 5. The normalized spacial score (nSPS) is 13.6. The van der Waals surface area contributed by atoms with Gasteiger partial charge in [0.15, 0.2) is 0 Å². The molecule has 1 amide bonds. The van der Waals surface area contributed by atoms with Crippen LogP contribution in [0.1, 0.15) is 37.4 Å². The minimum absolute atomic E-state index is 0.0568. The van der Waals surface area contributed by atoms with Crippen LogP contribution in [0.5, 0.6) is 0 Å². The van der Waals surface area contributed by atoms with E-state index >= 15 is 0 Å². The summed E-state index contributed by atoms with van der Waals surface area (Å²) in [6.45, 7) is 0.366. The van der Waals surface area contributed by atoms with Crippen molar-refractivity contribution in [2.75, 3.05) is 12.3 Å². The molecular formula is C17H20N4O3S. The van der Waals surface area contributed by atoms with E-state index in [1.165, 1.54) is 11.8 Å². The van der Waals surface area contributed by atoms with Gasteiger partial charge in [-0.25, -0.2) is 9.67 Å². The average molecular weight is 360 g/mol. The molecule has 0 bridgehead atoms. The fourth-order valence-corrected chi connectivity index (χ4v) is 3.04. The Morgan fingerprint density at radius 3 is 2.72 bits per heavy atom. The van der Waals surface area contributed by atoms with Crippen molar-refractivity contribution in [3.05, 3.63) is 36.2 Å². The van der Waals surface area contributed by atoms with Gasteiger partial charge in [0.05, 0.1) is 11.4 Å². The van der Waals surface area contributed by atoms with Crippen LogP contribution in [-0.2, 0) is 9.59 Å². The maximum atomic E-state index is 11.8. The molecule has 1 aromatic carbocycles. The van der Waals surface area contributed by atoms with Gasteiger partial charge >= 0.3 is 5.97 Å². The number of aromatic nitrogens is 3. The number of nitrogens with zero attached hydrogens (tertiary/aromatic N) is 3. The number of carbonyl (C=O) groups excluding carboxylic acids is 1. The molecule has 1 fully saturated rings. The Morgan fingerprint density at radius 1 is 1.28 bits per heavy atom. The highest BCUT2D eigenvalue weighted by molar-refractivity contribution is 7.99. The van der Waals surface area contributed by atoms with E-state index in [2.05, 4.69) is 15.4 Å². The lowest BCUT2D eigenvalue weighted by molar-refractivity contribution is -0.137. The molecule has 1 aromatic heterocycles. The first kappa shape index (κ1) is 17.5. The number of carboxylic acids is 1. The summed E-state index contributed by atoms with van der Waals surface area (Å²) in [6.07, 6.45) is 2.74. The number of benzene rings is 1. The van der Waals surface area contributed by atoms with Crippen LogP contribution in [0, 0.1) is 0 Å². The maximum Gasteiger partial charge on any atom is 0.303 e. The Hall–Kier alpha value is -2.35. The van der Waals surface area contributed by atoms with Gasteiger partial charge in [0, 0.05) is 18.9 Å². The Bertz CT molecular complexity index is 744. The number of para-hydroxylation sites is 1. The van der Waals surface area contributed by atoms with E-state index in [1.54, 1.807) is 0 Å². The van der Waals surface area contributed by atoms with Crippen molar-refractivity contribution >= 4 is 23.6 Å².